The molecular formula is C42H53ClN6O7S. The second kappa shape index (κ2) is 16.5. The van der Waals surface area contributed by atoms with Crippen molar-refractivity contribution in [1.29, 1.82) is 0 Å². The Morgan fingerprint density at radius 1 is 0.965 bits per heavy atom. The first-order valence-corrected chi connectivity index (χ1v) is 21.9. The Morgan fingerprint density at radius 2 is 1.67 bits per heavy atom. The van der Waals surface area contributed by atoms with E-state index in [1.165, 1.54) is 23.3 Å². The van der Waals surface area contributed by atoms with E-state index in [1.807, 2.05) is 45.0 Å². The number of hydrogen-bond acceptors (Lipinski definition) is 10. The number of nitrogens with one attached hydrogen (secondary N) is 2. The van der Waals surface area contributed by atoms with Crippen molar-refractivity contribution < 1.29 is 27.7 Å². The fraction of sp³-hybridized carbons (Fsp3) is 0.524. The normalized spacial score (nSPS) is 20.2. The monoisotopic (exact) mass is 820 g/mol. The van der Waals surface area contributed by atoms with E-state index in [-0.39, 0.29) is 33.3 Å². The lowest BCUT2D eigenvalue weighted by molar-refractivity contribution is -0.384. The van der Waals surface area contributed by atoms with Crippen molar-refractivity contribution in [3.8, 4) is 0 Å². The molecule has 4 aliphatic rings. The molecule has 1 atom stereocenters. The Hall–Kier alpha value is -4.40. The molecule has 7 rings (SSSR count). The Kier molecular flexibility index (Phi) is 11.8. The number of nitrogens with zero attached hydrogens (tertiary/aromatic N) is 4. The number of carbonyl (C=O) groups excluding carboxylic acids is 2. The minimum Gasteiger partial charge on any atom is -0.444 e. The highest BCUT2D eigenvalue weighted by molar-refractivity contribution is 7.90. The SMILES string of the molecule is CC(C)(C)OC(=O)N1CCC2(CC1)CC(CNc1ccc(S(=O)(=O)NC(=O)c3ccc(N4CCN([C@@H]5CCCCc6c(Cl)cccc65)CC4)cc3)cc1[N+](=O)[O-])C2. The highest BCUT2D eigenvalue weighted by atomic mass is 35.5. The summed E-state index contributed by atoms with van der Waals surface area (Å²) in [5.74, 6) is -0.529. The molecule has 3 fully saturated rings. The van der Waals surface area contributed by atoms with E-state index in [4.69, 9.17) is 16.3 Å². The third-order valence-corrected chi connectivity index (χ3v) is 13.8. The fourth-order valence-electron chi connectivity index (χ4n) is 9.12. The van der Waals surface area contributed by atoms with Crippen molar-refractivity contribution in [2.24, 2.45) is 11.3 Å². The summed E-state index contributed by atoms with van der Waals surface area (Å²) in [7, 11) is -4.41. The average molecular weight is 821 g/mol. The zero-order valence-corrected chi connectivity index (χ0v) is 34.5. The molecule has 2 aliphatic carbocycles. The number of carbonyl (C=O) groups is 2. The summed E-state index contributed by atoms with van der Waals surface area (Å²) in [5, 5.41) is 16.1. The molecule has 0 bridgehead atoms. The Labute approximate surface area is 340 Å². The summed E-state index contributed by atoms with van der Waals surface area (Å²) in [6.45, 7) is 10.7. The third kappa shape index (κ3) is 9.34. The van der Waals surface area contributed by atoms with Gasteiger partial charge in [0.05, 0.1) is 9.82 Å². The molecule has 1 saturated carbocycles. The second-order valence-corrected chi connectivity index (χ2v) is 19.2. The fourth-order valence-corrected chi connectivity index (χ4v) is 10.4. The zero-order valence-electron chi connectivity index (χ0n) is 33.0. The molecule has 1 spiro atoms. The molecule has 0 aromatic heterocycles. The van der Waals surface area contributed by atoms with Gasteiger partial charge in [0.15, 0.2) is 0 Å². The summed E-state index contributed by atoms with van der Waals surface area (Å²) in [5.41, 5.74) is 3.16. The number of benzene rings is 3. The van der Waals surface area contributed by atoms with Gasteiger partial charge in [0.25, 0.3) is 21.6 Å². The quantitative estimate of drug-likeness (QED) is 0.124. The van der Waals surface area contributed by atoms with Gasteiger partial charge in [0.2, 0.25) is 0 Å². The van der Waals surface area contributed by atoms with Crippen LogP contribution in [-0.4, -0.2) is 86.6 Å². The largest absolute Gasteiger partial charge is 0.444 e. The van der Waals surface area contributed by atoms with Gasteiger partial charge in [-0.05, 0) is 131 Å². The molecule has 13 nitrogen and oxygen atoms in total. The lowest BCUT2D eigenvalue weighted by Crippen LogP contribution is -2.50. The molecule has 57 heavy (non-hydrogen) atoms. The van der Waals surface area contributed by atoms with Gasteiger partial charge in [-0.2, -0.15) is 0 Å². The van der Waals surface area contributed by atoms with Crippen LogP contribution in [0.3, 0.4) is 0 Å². The van der Waals surface area contributed by atoms with Crippen molar-refractivity contribution in [2.45, 2.75) is 88.7 Å². The number of nitro benzene ring substituents is 1. The topological polar surface area (TPSA) is 154 Å². The molecule has 2 N–H and O–H groups in total. The summed E-state index contributed by atoms with van der Waals surface area (Å²) < 4.78 is 34.2. The number of anilines is 2. The van der Waals surface area contributed by atoms with E-state index >= 15 is 0 Å². The summed E-state index contributed by atoms with van der Waals surface area (Å²) in [6, 6.07) is 17.1. The van der Waals surface area contributed by atoms with Gasteiger partial charge in [0.1, 0.15) is 11.3 Å². The Morgan fingerprint density at radius 3 is 2.33 bits per heavy atom. The highest BCUT2D eigenvalue weighted by Crippen LogP contribution is 2.52. The molecule has 2 amide bonds. The number of piperidine rings is 1. The van der Waals surface area contributed by atoms with E-state index in [0.29, 0.717) is 31.6 Å². The molecule has 0 radical (unpaired) electrons. The van der Waals surface area contributed by atoms with Crippen LogP contribution in [0, 0.1) is 21.4 Å². The molecular weight excluding hydrogens is 768 g/mol. The molecule has 3 aromatic carbocycles. The zero-order chi connectivity index (χ0) is 40.5. The number of rotatable bonds is 9. The lowest BCUT2D eigenvalue weighted by Gasteiger charge is -2.52. The minimum atomic E-state index is -4.41. The number of ether oxygens (including phenoxy) is 1. The van der Waals surface area contributed by atoms with Crippen LogP contribution < -0.4 is 14.9 Å². The van der Waals surface area contributed by atoms with E-state index in [2.05, 4.69) is 25.9 Å². The van der Waals surface area contributed by atoms with Gasteiger partial charge < -0.3 is 19.9 Å². The van der Waals surface area contributed by atoms with Crippen LogP contribution in [0.4, 0.5) is 21.9 Å². The number of amides is 2. The maximum absolute atomic E-state index is 13.3. The Balaban J connectivity index is 0.902. The van der Waals surface area contributed by atoms with Gasteiger partial charge in [-0.15, -0.1) is 0 Å². The molecule has 2 saturated heterocycles. The van der Waals surface area contributed by atoms with E-state index in [9.17, 15) is 28.1 Å². The van der Waals surface area contributed by atoms with E-state index < -0.39 is 26.5 Å². The number of halogens is 1. The van der Waals surface area contributed by atoms with Crippen LogP contribution in [0.25, 0.3) is 0 Å². The number of nitro groups is 1. The molecule has 2 heterocycles. The van der Waals surface area contributed by atoms with Crippen molar-refractivity contribution in [3.63, 3.8) is 0 Å². The lowest BCUT2D eigenvalue weighted by atomic mass is 9.57. The predicted octanol–water partition coefficient (Wildman–Crippen LogP) is 7.80. The van der Waals surface area contributed by atoms with E-state index in [0.717, 1.165) is 94.3 Å². The average Bonchev–Trinajstić information content (AvgIpc) is 3.39. The third-order valence-electron chi connectivity index (χ3n) is 12.1. The number of piperazine rings is 1. The Bertz CT molecular complexity index is 2080. The smallest absolute Gasteiger partial charge is 0.410 e. The number of likely N-dealkylation sites (tertiary alicyclic amines) is 1. The highest BCUT2D eigenvalue weighted by Gasteiger charge is 2.46. The van der Waals surface area contributed by atoms with Crippen LogP contribution >= 0.6 is 11.6 Å². The first kappa shape index (κ1) is 40.8. The van der Waals surface area contributed by atoms with Gasteiger partial charge in [0, 0.05) is 74.2 Å². The van der Waals surface area contributed by atoms with Crippen LogP contribution in [0.1, 0.15) is 93.2 Å². The molecule has 3 aromatic rings. The molecule has 2 aliphatic heterocycles. The van der Waals surface area contributed by atoms with Crippen molar-refractivity contribution in [2.75, 3.05) is 56.0 Å². The maximum Gasteiger partial charge on any atom is 0.410 e. The first-order chi connectivity index (χ1) is 27.1. The molecule has 0 unspecified atom stereocenters. The van der Waals surface area contributed by atoms with Crippen molar-refractivity contribution >= 4 is 50.7 Å². The van der Waals surface area contributed by atoms with E-state index in [1.54, 1.807) is 17.0 Å². The number of hydrogen-bond donors (Lipinski definition) is 2. The van der Waals surface area contributed by atoms with Crippen LogP contribution in [0.5, 0.6) is 0 Å². The van der Waals surface area contributed by atoms with Crippen molar-refractivity contribution in [3.05, 3.63) is 92.5 Å². The summed E-state index contributed by atoms with van der Waals surface area (Å²) in [6.07, 6.45) is 7.79. The van der Waals surface area contributed by atoms with Crippen LogP contribution in [0.15, 0.2) is 65.6 Å². The standard InChI is InChI=1S/C42H53ClN6O7S/c1-41(2,3)56-40(51)48-19-17-42(18-20-48)26-29(27-42)28-44-36-16-15-32(25-38(36)49(52)53)57(54,55)45-39(50)30-11-13-31(14-12-30)46-21-23-47(24-22-46)37-10-5-4-7-33-34(37)8-6-9-35(33)43/h6,8-9,11-16,25,29,37,44H,4-5,7,10,17-24,26-28H2,1-3H3,(H,45,50)/t37-/m1/s1. The van der Waals surface area contributed by atoms with Gasteiger partial charge in [-0.3, -0.25) is 19.8 Å². The van der Waals surface area contributed by atoms with Crippen LogP contribution in [0.2, 0.25) is 5.02 Å². The number of sulfonamides is 1. The number of fused-ring (bicyclic) bond motifs is 1. The molecule has 15 heteroatoms. The minimum absolute atomic E-state index is 0.153. The van der Waals surface area contributed by atoms with Gasteiger partial charge in [-0.25, -0.2) is 17.9 Å². The van der Waals surface area contributed by atoms with Crippen molar-refractivity contribution in [1.82, 2.24) is 14.5 Å². The predicted molar refractivity (Wildman–Crippen MR) is 220 cm³/mol. The summed E-state index contributed by atoms with van der Waals surface area (Å²) in [4.78, 5) is 43.2. The van der Waals surface area contributed by atoms with Gasteiger partial charge >= 0.3 is 6.09 Å². The first-order valence-electron chi connectivity index (χ1n) is 20.0. The maximum atomic E-state index is 13.3. The summed E-state index contributed by atoms with van der Waals surface area (Å²) >= 11 is 6.58. The second-order valence-electron chi connectivity index (χ2n) is 17.1. The van der Waals surface area contributed by atoms with Crippen LogP contribution in [-0.2, 0) is 21.2 Å². The molecule has 306 valence electrons. The van der Waals surface area contributed by atoms with Gasteiger partial charge in [-0.1, -0.05) is 30.2 Å².